The predicted molar refractivity (Wildman–Crippen MR) is 180 cm³/mol. The van der Waals surface area contributed by atoms with Crippen molar-refractivity contribution in [2.75, 3.05) is 36.5 Å². The van der Waals surface area contributed by atoms with E-state index in [-0.39, 0.29) is 49.3 Å². The number of halogens is 2. The highest BCUT2D eigenvalue weighted by molar-refractivity contribution is 9.10. The van der Waals surface area contributed by atoms with Crippen LogP contribution in [0.25, 0.3) is 0 Å². The average molecular weight is 716 g/mol. The summed E-state index contributed by atoms with van der Waals surface area (Å²) in [5, 5.41) is 16.1. The molecule has 3 saturated heterocycles. The largest absolute Gasteiger partial charge is 0.394 e. The summed E-state index contributed by atoms with van der Waals surface area (Å²) in [5.74, 6) is -1.07. The fourth-order valence-corrected chi connectivity index (χ4v) is 11.1. The number of ether oxygens (including phenoxy) is 1. The lowest BCUT2D eigenvalue weighted by atomic mass is 9.82. The molecule has 3 N–H and O–H groups in total. The molecule has 3 fully saturated rings. The van der Waals surface area contributed by atoms with Gasteiger partial charge in [0.2, 0.25) is 20.2 Å². The van der Waals surface area contributed by atoms with Crippen LogP contribution in [-0.4, -0.2) is 74.5 Å². The second-order valence-corrected chi connectivity index (χ2v) is 18.5. The summed E-state index contributed by atoms with van der Waals surface area (Å²) in [4.78, 5) is 44.5. The van der Waals surface area contributed by atoms with Crippen LogP contribution in [0.3, 0.4) is 0 Å². The first-order chi connectivity index (χ1) is 21.9. The molecule has 4 aliphatic heterocycles. The molecule has 0 aromatic heterocycles. The van der Waals surface area contributed by atoms with E-state index in [1.165, 1.54) is 0 Å². The lowest BCUT2D eigenvalue weighted by Gasteiger charge is -2.31. The molecule has 4 heterocycles. The Bertz CT molecular complexity index is 1500. The molecule has 46 heavy (non-hydrogen) atoms. The molecule has 6 rings (SSSR count). The number of rotatable bonds is 8. The highest BCUT2D eigenvalue weighted by Crippen LogP contribution is 2.60. The maximum absolute atomic E-state index is 16.2. The number of hydrogen-bond donors (Lipinski definition) is 3. The topological polar surface area (TPSA) is 111 Å². The van der Waals surface area contributed by atoms with E-state index >= 15 is 4.11 Å². The van der Waals surface area contributed by atoms with Crippen molar-refractivity contribution in [3.05, 3.63) is 58.1 Å². The number of carbonyl (C=O) groups is 3. The van der Waals surface area contributed by atoms with Crippen LogP contribution in [0.2, 0.25) is 18.6 Å². The van der Waals surface area contributed by atoms with Crippen molar-refractivity contribution in [1.82, 2.24) is 10.2 Å². The molecule has 1 unspecified atom stereocenters. The number of piperidine rings is 1. The van der Waals surface area contributed by atoms with Crippen LogP contribution in [0.15, 0.2) is 46.9 Å². The number of nitrogens with zero attached hydrogens (tertiary/aromatic N) is 2. The Kier molecular flexibility index (Phi) is 9.48. The Labute approximate surface area is 279 Å². The molecular formula is C34H44BrFN4O5Si. The molecule has 2 aromatic carbocycles. The summed E-state index contributed by atoms with van der Waals surface area (Å²) in [6, 6.07) is 12.9. The first-order valence-corrected chi connectivity index (χ1v) is 20.2. The van der Waals surface area contributed by atoms with Crippen molar-refractivity contribution in [2.24, 2.45) is 11.8 Å². The minimum Gasteiger partial charge on any atom is -0.394 e. The number of carbonyl (C=O) groups excluding carboxylic acids is 3. The number of fused-ring (bicyclic) bond motifs is 2. The van der Waals surface area contributed by atoms with E-state index in [0.717, 1.165) is 42.3 Å². The highest BCUT2D eigenvalue weighted by Gasteiger charge is 2.67. The second-order valence-electron chi connectivity index (χ2n) is 13.8. The van der Waals surface area contributed by atoms with Gasteiger partial charge in [-0.15, -0.1) is 0 Å². The fourth-order valence-electron chi connectivity index (χ4n) is 8.27. The van der Waals surface area contributed by atoms with Crippen LogP contribution in [0.1, 0.15) is 50.2 Å². The number of likely N-dealkylation sites (tertiary alicyclic amines) is 1. The zero-order valence-electron chi connectivity index (χ0n) is 26.7. The van der Waals surface area contributed by atoms with Gasteiger partial charge in [-0.25, -0.2) is 0 Å². The number of amides is 3. The van der Waals surface area contributed by atoms with Gasteiger partial charge in [-0.3, -0.25) is 14.4 Å². The Morgan fingerprint density at radius 1 is 1.20 bits per heavy atom. The molecule has 1 spiro atoms. The Morgan fingerprint density at radius 2 is 2.00 bits per heavy atom. The van der Waals surface area contributed by atoms with Gasteiger partial charge in [0, 0.05) is 40.3 Å². The summed E-state index contributed by atoms with van der Waals surface area (Å²) in [6.45, 7) is 7.41. The van der Waals surface area contributed by atoms with E-state index < -0.39 is 31.6 Å². The summed E-state index contributed by atoms with van der Waals surface area (Å²) < 4.78 is 23.8. The van der Waals surface area contributed by atoms with E-state index in [1.807, 2.05) is 49.4 Å². The number of anilines is 2. The van der Waals surface area contributed by atoms with Crippen LogP contribution < -0.4 is 15.5 Å². The zero-order chi connectivity index (χ0) is 32.8. The van der Waals surface area contributed by atoms with Crippen molar-refractivity contribution in [2.45, 2.75) is 82.0 Å². The van der Waals surface area contributed by atoms with E-state index in [0.29, 0.717) is 30.0 Å². The third kappa shape index (κ3) is 6.07. The Hall–Kier alpha value is -2.64. The number of aliphatic hydroxyl groups excluding tert-OH is 1. The molecule has 248 valence electrons. The van der Waals surface area contributed by atoms with E-state index in [1.54, 1.807) is 22.9 Å². The number of aliphatic hydroxyl groups is 1. The van der Waals surface area contributed by atoms with Gasteiger partial charge in [-0.05, 0) is 81.2 Å². The molecule has 4 aliphatic rings. The monoisotopic (exact) mass is 714 g/mol. The SMILES string of the molecule is C[C@H]1[C@H]([Si](C)(C)F)[C@@H](CC(=O)N2CCC[C@H]2CO)O[C@]12C(=O)N(Cc1cccc(NC(=O)C3CCCNC3)c1)c1ccc(Br)cc12. The summed E-state index contributed by atoms with van der Waals surface area (Å²) >= 11 is 3.58. The van der Waals surface area contributed by atoms with E-state index in [4.69, 9.17) is 4.74 Å². The molecule has 2 aromatic rings. The Balaban J connectivity index is 1.29. The van der Waals surface area contributed by atoms with Gasteiger partial charge in [-0.2, -0.15) is 0 Å². The van der Waals surface area contributed by atoms with Crippen molar-refractivity contribution >= 4 is 53.4 Å². The van der Waals surface area contributed by atoms with Gasteiger partial charge < -0.3 is 34.4 Å². The van der Waals surface area contributed by atoms with Gasteiger partial charge >= 0.3 is 0 Å². The van der Waals surface area contributed by atoms with E-state index in [9.17, 15) is 19.5 Å². The Morgan fingerprint density at radius 3 is 2.72 bits per heavy atom. The molecule has 0 bridgehead atoms. The summed E-state index contributed by atoms with van der Waals surface area (Å²) in [7, 11) is -3.45. The number of hydrogen-bond acceptors (Lipinski definition) is 6. The quantitative estimate of drug-likeness (QED) is 0.260. The molecule has 0 saturated carbocycles. The second kappa shape index (κ2) is 13.1. The lowest BCUT2D eigenvalue weighted by molar-refractivity contribution is -0.150. The lowest BCUT2D eigenvalue weighted by Crippen LogP contribution is -2.45. The molecular weight excluding hydrogens is 671 g/mol. The minimum absolute atomic E-state index is 0.0206. The standard InChI is InChI=1S/C34H44BrFN4O5Si/c1-21-31(46(2,3)36)29(17-30(42)39-14-6-10-26(39)20-41)45-34(21)27-16-24(35)11-12-28(27)40(33(34)44)19-22-7-4-9-25(15-22)38-32(43)23-8-5-13-37-18-23/h4,7,9,11-12,15-16,21,23,26,29,31,37,41H,5-6,8,10,13-14,17-20H2,1-3H3,(H,38,43)/t21-,23?,26-,29+,31-,34+/m0/s1. The zero-order valence-corrected chi connectivity index (χ0v) is 29.3. The van der Waals surface area contributed by atoms with Crippen LogP contribution in [-0.2, 0) is 31.3 Å². The molecule has 0 radical (unpaired) electrons. The maximum Gasteiger partial charge on any atom is 0.264 e. The summed E-state index contributed by atoms with van der Waals surface area (Å²) in [6.07, 6.45) is 2.54. The van der Waals surface area contributed by atoms with Crippen LogP contribution >= 0.6 is 15.9 Å². The smallest absolute Gasteiger partial charge is 0.264 e. The van der Waals surface area contributed by atoms with Gasteiger partial charge in [0.05, 0.1) is 43.3 Å². The third-order valence-electron chi connectivity index (χ3n) is 10.4. The fraction of sp³-hybridized carbons (Fsp3) is 0.559. The first kappa shape index (κ1) is 33.3. The van der Waals surface area contributed by atoms with Crippen LogP contribution in [0, 0.1) is 11.8 Å². The van der Waals surface area contributed by atoms with Crippen molar-refractivity contribution in [1.29, 1.82) is 0 Å². The predicted octanol–water partition coefficient (Wildman–Crippen LogP) is 5.08. The van der Waals surface area contributed by atoms with Gasteiger partial charge in [-0.1, -0.05) is 35.0 Å². The first-order valence-electron chi connectivity index (χ1n) is 16.4. The summed E-state index contributed by atoms with van der Waals surface area (Å²) in [5.41, 5.74) is 0.801. The molecule has 12 heteroatoms. The highest BCUT2D eigenvalue weighted by atomic mass is 79.9. The van der Waals surface area contributed by atoms with Gasteiger partial charge in [0.1, 0.15) is 0 Å². The number of benzene rings is 2. The van der Waals surface area contributed by atoms with Gasteiger partial charge in [0.25, 0.3) is 5.91 Å². The third-order valence-corrected chi connectivity index (χ3v) is 13.4. The normalized spacial score (nSPS) is 29.4. The van der Waals surface area contributed by atoms with Crippen molar-refractivity contribution in [3.63, 3.8) is 0 Å². The molecule has 9 nitrogen and oxygen atoms in total. The molecule has 3 amide bonds. The maximum atomic E-state index is 16.2. The van der Waals surface area contributed by atoms with Crippen molar-refractivity contribution in [3.8, 4) is 0 Å². The minimum atomic E-state index is -3.45. The van der Waals surface area contributed by atoms with Crippen LogP contribution in [0.4, 0.5) is 15.5 Å². The van der Waals surface area contributed by atoms with Crippen LogP contribution in [0.5, 0.6) is 0 Å². The molecule has 6 atom stereocenters. The average Bonchev–Trinajstić information content (AvgIpc) is 3.68. The van der Waals surface area contributed by atoms with Crippen molar-refractivity contribution < 1.29 is 28.3 Å². The molecule has 0 aliphatic carbocycles. The van der Waals surface area contributed by atoms with E-state index in [2.05, 4.69) is 26.6 Å². The van der Waals surface area contributed by atoms with Gasteiger partial charge in [0.15, 0.2) is 5.60 Å². The number of nitrogens with one attached hydrogen (secondary N) is 2.